The van der Waals surface area contributed by atoms with Gasteiger partial charge in [-0.1, -0.05) is 6.07 Å². The summed E-state index contributed by atoms with van der Waals surface area (Å²) in [5.41, 5.74) is 3.19. The van der Waals surface area contributed by atoms with E-state index in [-0.39, 0.29) is 5.91 Å². The lowest BCUT2D eigenvalue weighted by molar-refractivity contribution is -0.122. The predicted molar refractivity (Wildman–Crippen MR) is 113 cm³/mol. The van der Waals surface area contributed by atoms with Crippen molar-refractivity contribution in [2.75, 3.05) is 17.7 Å². The minimum atomic E-state index is -0.664. The average molecular weight is 392 g/mol. The number of ether oxygens (including phenoxy) is 2. The van der Waals surface area contributed by atoms with Crippen LogP contribution in [0.1, 0.15) is 18.3 Å². The van der Waals surface area contributed by atoms with Crippen LogP contribution in [-0.4, -0.2) is 29.1 Å². The molecule has 0 saturated carbocycles. The monoisotopic (exact) mass is 392 g/mol. The highest BCUT2D eigenvalue weighted by molar-refractivity contribution is 5.94. The van der Waals surface area contributed by atoms with Crippen molar-refractivity contribution in [2.24, 2.45) is 0 Å². The number of carbonyl (C=O) groups is 1. The third-order valence-corrected chi connectivity index (χ3v) is 4.11. The van der Waals surface area contributed by atoms with Crippen molar-refractivity contribution in [3.63, 3.8) is 0 Å². The molecule has 3 rings (SSSR count). The molecule has 0 radical (unpaired) electrons. The summed E-state index contributed by atoms with van der Waals surface area (Å²) in [7, 11) is 1.60. The first-order chi connectivity index (χ1) is 13.9. The zero-order valence-corrected chi connectivity index (χ0v) is 16.9. The van der Waals surface area contributed by atoms with Gasteiger partial charge in [0, 0.05) is 22.8 Å². The maximum Gasteiger partial charge on any atom is 0.265 e. The first kappa shape index (κ1) is 20.1. The van der Waals surface area contributed by atoms with Crippen LogP contribution in [0.4, 0.5) is 17.3 Å². The van der Waals surface area contributed by atoms with Gasteiger partial charge in [-0.3, -0.25) is 4.79 Å². The van der Waals surface area contributed by atoms with Gasteiger partial charge < -0.3 is 20.1 Å². The Kier molecular flexibility index (Phi) is 6.29. The lowest BCUT2D eigenvalue weighted by atomic mass is 10.2. The molecule has 3 aromatic rings. The van der Waals surface area contributed by atoms with E-state index in [0.29, 0.717) is 17.4 Å². The van der Waals surface area contributed by atoms with Gasteiger partial charge in [0.2, 0.25) is 5.95 Å². The van der Waals surface area contributed by atoms with Crippen LogP contribution in [0, 0.1) is 13.8 Å². The Balaban J connectivity index is 1.63. The van der Waals surface area contributed by atoms with Gasteiger partial charge in [0.1, 0.15) is 11.5 Å². The number of rotatable bonds is 7. The Labute approximate surface area is 170 Å². The highest BCUT2D eigenvalue weighted by atomic mass is 16.5. The Morgan fingerprint density at radius 3 is 2.21 bits per heavy atom. The molecular weight excluding hydrogens is 368 g/mol. The van der Waals surface area contributed by atoms with Gasteiger partial charge in [-0.2, -0.15) is 0 Å². The van der Waals surface area contributed by atoms with Crippen molar-refractivity contribution in [3.8, 4) is 11.5 Å². The molecule has 0 aliphatic carbocycles. The molecule has 0 bridgehead atoms. The fourth-order valence-electron chi connectivity index (χ4n) is 2.74. The second-order valence-electron chi connectivity index (χ2n) is 6.60. The molecule has 0 aliphatic rings. The normalized spacial score (nSPS) is 11.4. The molecule has 150 valence electrons. The summed E-state index contributed by atoms with van der Waals surface area (Å²) in [5.74, 6) is 1.59. The van der Waals surface area contributed by atoms with Crippen molar-refractivity contribution >= 4 is 23.2 Å². The van der Waals surface area contributed by atoms with Crippen LogP contribution < -0.4 is 20.1 Å². The molecule has 0 unspecified atom stereocenters. The predicted octanol–water partition coefficient (Wildman–Crippen LogP) is 4.25. The molecular formula is C22H24N4O3. The summed E-state index contributed by atoms with van der Waals surface area (Å²) in [6, 6.07) is 16.3. The summed E-state index contributed by atoms with van der Waals surface area (Å²) in [6.45, 7) is 5.53. The van der Waals surface area contributed by atoms with Crippen LogP contribution in [0.2, 0.25) is 0 Å². The molecule has 7 nitrogen and oxygen atoms in total. The van der Waals surface area contributed by atoms with Gasteiger partial charge in [0.25, 0.3) is 5.91 Å². The van der Waals surface area contributed by atoms with Gasteiger partial charge in [0.15, 0.2) is 6.10 Å². The molecule has 1 aromatic heterocycles. The molecule has 0 saturated heterocycles. The maximum absolute atomic E-state index is 12.5. The number of anilines is 3. The number of nitrogens with zero attached hydrogens (tertiary/aromatic N) is 2. The highest BCUT2D eigenvalue weighted by Gasteiger charge is 2.15. The Morgan fingerprint density at radius 1 is 0.931 bits per heavy atom. The quantitative estimate of drug-likeness (QED) is 0.625. The molecule has 2 aromatic carbocycles. The number of methoxy groups -OCH3 is 1. The summed E-state index contributed by atoms with van der Waals surface area (Å²) in [5, 5.41) is 6.03. The number of aromatic nitrogens is 2. The molecule has 0 spiro atoms. The largest absolute Gasteiger partial charge is 0.497 e. The van der Waals surface area contributed by atoms with Gasteiger partial charge in [0.05, 0.1) is 7.11 Å². The molecule has 1 atom stereocenters. The number of hydrogen-bond acceptors (Lipinski definition) is 6. The fraction of sp³-hybridized carbons (Fsp3) is 0.227. The lowest BCUT2D eigenvalue weighted by Crippen LogP contribution is -2.30. The highest BCUT2D eigenvalue weighted by Crippen LogP contribution is 2.21. The number of hydrogen-bond donors (Lipinski definition) is 2. The van der Waals surface area contributed by atoms with Crippen LogP contribution in [0.15, 0.2) is 54.6 Å². The molecule has 0 fully saturated rings. The molecule has 0 aliphatic heterocycles. The first-order valence-corrected chi connectivity index (χ1v) is 9.24. The van der Waals surface area contributed by atoms with Crippen molar-refractivity contribution in [1.29, 1.82) is 0 Å². The second-order valence-corrected chi connectivity index (χ2v) is 6.60. The van der Waals surface area contributed by atoms with E-state index in [1.54, 1.807) is 38.3 Å². The van der Waals surface area contributed by atoms with E-state index < -0.39 is 6.10 Å². The van der Waals surface area contributed by atoms with Crippen LogP contribution in [0.25, 0.3) is 0 Å². The van der Waals surface area contributed by atoms with Gasteiger partial charge in [-0.15, -0.1) is 0 Å². The van der Waals surface area contributed by atoms with Crippen LogP contribution in [0.5, 0.6) is 11.5 Å². The summed E-state index contributed by atoms with van der Waals surface area (Å²) >= 11 is 0. The van der Waals surface area contributed by atoms with E-state index in [1.165, 1.54) is 0 Å². The third-order valence-electron chi connectivity index (χ3n) is 4.11. The van der Waals surface area contributed by atoms with Gasteiger partial charge in [-0.05, 0) is 69.3 Å². The Bertz CT molecular complexity index is 969. The molecule has 1 amide bonds. The third kappa shape index (κ3) is 5.68. The van der Waals surface area contributed by atoms with Crippen LogP contribution >= 0.6 is 0 Å². The second kappa shape index (κ2) is 9.05. The van der Waals surface area contributed by atoms with Gasteiger partial charge >= 0.3 is 0 Å². The summed E-state index contributed by atoms with van der Waals surface area (Å²) < 4.78 is 10.8. The Morgan fingerprint density at radius 2 is 1.55 bits per heavy atom. The zero-order valence-electron chi connectivity index (χ0n) is 16.9. The van der Waals surface area contributed by atoms with Gasteiger partial charge in [-0.25, -0.2) is 9.97 Å². The topological polar surface area (TPSA) is 85.4 Å². The van der Waals surface area contributed by atoms with E-state index in [0.717, 1.165) is 22.8 Å². The number of aryl methyl sites for hydroxylation is 2. The molecule has 7 heteroatoms. The molecule has 1 heterocycles. The number of amides is 1. The summed E-state index contributed by atoms with van der Waals surface area (Å²) in [4.78, 5) is 21.2. The maximum atomic E-state index is 12.5. The minimum absolute atomic E-state index is 0.249. The van der Waals surface area contributed by atoms with Crippen molar-refractivity contribution < 1.29 is 14.3 Å². The van der Waals surface area contributed by atoms with E-state index >= 15 is 0 Å². The molecule has 29 heavy (non-hydrogen) atoms. The number of carbonyl (C=O) groups excluding carboxylic acids is 1. The molecule has 2 N–H and O–H groups in total. The van der Waals surface area contributed by atoms with Crippen LogP contribution in [-0.2, 0) is 4.79 Å². The average Bonchev–Trinajstić information content (AvgIpc) is 2.68. The van der Waals surface area contributed by atoms with Crippen molar-refractivity contribution in [2.45, 2.75) is 26.9 Å². The standard InChI is InChI=1S/C22H24N4O3/c1-14-12-15(2)24-22(23-14)26-18-7-5-6-17(13-18)25-21(27)16(3)29-20-10-8-19(28-4)9-11-20/h5-13,16H,1-4H3,(H,25,27)(H,23,24,26)/t16-/m0/s1. The lowest BCUT2D eigenvalue weighted by Gasteiger charge is -2.15. The van der Waals surface area contributed by atoms with E-state index in [1.807, 2.05) is 44.2 Å². The van der Waals surface area contributed by atoms with E-state index in [2.05, 4.69) is 20.6 Å². The zero-order chi connectivity index (χ0) is 20.8. The van der Waals surface area contributed by atoms with Crippen molar-refractivity contribution in [3.05, 3.63) is 66.0 Å². The fourth-order valence-corrected chi connectivity index (χ4v) is 2.74. The smallest absolute Gasteiger partial charge is 0.265 e. The number of nitrogens with one attached hydrogen (secondary N) is 2. The first-order valence-electron chi connectivity index (χ1n) is 9.24. The van der Waals surface area contributed by atoms with E-state index in [9.17, 15) is 4.79 Å². The van der Waals surface area contributed by atoms with Crippen LogP contribution in [0.3, 0.4) is 0 Å². The Hall–Kier alpha value is -3.61. The van der Waals surface area contributed by atoms with Crippen molar-refractivity contribution in [1.82, 2.24) is 9.97 Å². The SMILES string of the molecule is COc1ccc(O[C@@H](C)C(=O)Nc2cccc(Nc3nc(C)cc(C)n3)c2)cc1. The van der Waals surface area contributed by atoms with E-state index in [4.69, 9.17) is 9.47 Å². The minimum Gasteiger partial charge on any atom is -0.497 e. The summed E-state index contributed by atoms with van der Waals surface area (Å²) in [6.07, 6.45) is -0.664. The number of benzene rings is 2.